The molecule has 0 saturated carbocycles. The first-order valence-corrected chi connectivity index (χ1v) is 5.77. The number of guanidine groups is 1. The second kappa shape index (κ2) is 4.51. The van der Waals surface area contributed by atoms with Crippen LogP contribution in [0.15, 0.2) is 29.6 Å². The predicted octanol–water partition coefficient (Wildman–Crippen LogP) is 0.449. The molecule has 1 aromatic heterocycles. The number of rotatable bonds is 2. The van der Waals surface area contributed by atoms with Crippen molar-refractivity contribution in [1.29, 1.82) is 0 Å². The van der Waals surface area contributed by atoms with Crippen LogP contribution in [-0.4, -0.2) is 10.9 Å². The molecule has 0 amide bonds. The summed E-state index contributed by atoms with van der Waals surface area (Å²) in [6, 6.07) is 7.48. The molecule has 4 nitrogen and oxygen atoms in total. The Balaban J connectivity index is 2.31. The van der Waals surface area contributed by atoms with Crippen molar-refractivity contribution in [3.8, 4) is 11.3 Å². The summed E-state index contributed by atoms with van der Waals surface area (Å²) in [5.41, 5.74) is 12.5. The molecule has 0 aliphatic carbocycles. The molecule has 16 heavy (non-hydrogen) atoms. The standard InChI is InChI=1S/C10H9ClN4S/c11-7-3-1-6(2-4-7)8-5-16-10(14-8)15-9(12)13/h1-5H,(H4,12,13,14,15)/p+1. The lowest BCUT2D eigenvalue weighted by Crippen LogP contribution is -2.72. The zero-order valence-corrected chi connectivity index (χ0v) is 9.85. The van der Waals surface area contributed by atoms with Crippen molar-refractivity contribution in [2.75, 3.05) is 0 Å². The van der Waals surface area contributed by atoms with Gasteiger partial charge in [0, 0.05) is 16.0 Å². The molecule has 6 heteroatoms. The van der Waals surface area contributed by atoms with Gasteiger partial charge >= 0.3 is 5.96 Å². The molecular formula is C10H10ClN4S+. The Hall–Kier alpha value is -1.59. The molecule has 0 unspecified atom stereocenters. The number of halogens is 1. The summed E-state index contributed by atoms with van der Waals surface area (Å²) < 4.78 is 0. The van der Waals surface area contributed by atoms with Gasteiger partial charge in [-0.05, 0) is 12.1 Å². The molecule has 0 spiro atoms. The third-order valence-corrected chi connectivity index (χ3v) is 2.91. The highest BCUT2D eigenvalue weighted by molar-refractivity contribution is 7.13. The SMILES string of the molecule is NC(N)=[NH+]c1nc(-c2ccc(Cl)cc2)cs1. The lowest BCUT2D eigenvalue weighted by atomic mass is 10.2. The fourth-order valence-corrected chi connectivity index (χ4v) is 2.07. The Labute approximate surface area is 102 Å². The molecule has 2 rings (SSSR count). The third-order valence-electron chi connectivity index (χ3n) is 1.90. The maximum atomic E-state index is 5.81. The lowest BCUT2D eigenvalue weighted by Gasteiger charge is -1.93. The van der Waals surface area contributed by atoms with Crippen LogP contribution in [0.4, 0.5) is 5.13 Å². The highest BCUT2D eigenvalue weighted by Gasteiger charge is 2.07. The van der Waals surface area contributed by atoms with Crippen LogP contribution in [0.2, 0.25) is 5.02 Å². The highest BCUT2D eigenvalue weighted by Crippen LogP contribution is 2.23. The van der Waals surface area contributed by atoms with E-state index in [-0.39, 0.29) is 5.96 Å². The summed E-state index contributed by atoms with van der Waals surface area (Å²) in [5.74, 6) is 0.136. The van der Waals surface area contributed by atoms with Crippen molar-refractivity contribution in [2.45, 2.75) is 0 Å². The van der Waals surface area contributed by atoms with Crippen molar-refractivity contribution in [1.82, 2.24) is 4.98 Å². The molecule has 0 aliphatic rings. The van der Waals surface area contributed by atoms with Crippen molar-refractivity contribution in [2.24, 2.45) is 11.5 Å². The highest BCUT2D eigenvalue weighted by atomic mass is 35.5. The predicted molar refractivity (Wildman–Crippen MR) is 66.6 cm³/mol. The van der Waals surface area contributed by atoms with Gasteiger partial charge in [0.1, 0.15) is 5.69 Å². The quantitative estimate of drug-likeness (QED) is 0.537. The number of benzene rings is 1. The molecule has 1 aromatic carbocycles. The Morgan fingerprint density at radius 2 is 1.94 bits per heavy atom. The fourth-order valence-electron chi connectivity index (χ4n) is 1.21. The van der Waals surface area contributed by atoms with E-state index in [1.165, 1.54) is 11.3 Å². The van der Waals surface area contributed by atoms with Crippen molar-refractivity contribution in [3.63, 3.8) is 0 Å². The van der Waals surface area contributed by atoms with Gasteiger partial charge in [0.2, 0.25) is 0 Å². The number of thiazole rings is 1. The molecule has 0 atom stereocenters. The van der Waals surface area contributed by atoms with E-state index in [0.717, 1.165) is 11.3 Å². The molecule has 1 heterocycles. The Morgan fingerprint density at radius 1 is 1.25 bits per heavy atom. The first-order valence-electron chi connectivity index (χ1n) is 4.51. The van der Waals surface area contributed by atoms with Crippen LogP contribution in [0.25, 0.3) is 11.3 Å². The second-order valence-electron chi connectivity index (χ2n) is 3.13. The summed E-state index contributed by atoms with van der Waals surface area (Å²) >= 11 is 7.25. The molecule has 0 radical (unpaired) electrons. The van der Waals surface area contributed by atoms with Crippen molar-refractivity contribution < 1.29 is 4.99 Å². The van der Waals surface area contributed by atoms with Gasteiger partial charge in [0.15, 0.2) is 0 Å². The average molecular weight is 254 g/mol. The van der Waals surface area contributed by atoms with Crippen LogP contribution in [0.3, 0.4) is 0 Å². The van der Waals surface area contributed by atoms with Crippen molar-refractivity contribution >= 4 is 34.0 Å². The van der Waals surface area contributed by atoms with E-state index >= 15 is 0 Å². The van der Waals surface area contributed by atoms with Gasteiger partial charge in [0.05, 0.1) is 0 Å². The van der Waals surface area contributed by atoms with Gasteiger partial charge in [-0.1, -0.05) is 35.1 Å². The van der Waals surface area contributed by atoms with E-state index in [2.05, 4.69) is 9.98 Å². The van der Waals surface area contributed by atoms with E-state index < -0.39 is 0 Å². The number of nitrogens with zero attached hydrogens (tertiary/aromatic N) is 1. The molecular weight excluding hydrogens is 244 g/mol. The molecule has 0 fully saturated rings. The summed E-state index contributed by atoms with van der Waals surface area (Å²) in [5, 5.41) is 3.30. The average Bonchev–Trinajstić information content (AvgIpc) is 2.66. The summed E-state index contributed by atoms with van der Waals surface area (Å²) in [7, 11) is 0. The third kappa shape index (κ3) is 2.50. The molecule has 0 bridgehead atoms. The first kappa shape index (κ1) is 10.9. The van der Waals surface area contributed by atoms with Crippen LogP contribution < -0.4 is 16.5 Å². The van der Waals surface area contributed by atoms with Gasteiger partial charge in [-0.2, -0.15) is 0 Å². The Bertz CT molecular complexity index is 514. The van der Waals surface area contributed by atoms with E-state index in [1.54, 1.807) is 0 Å². The number of hydrogen-bond acceptors (Lipinski definition) is 2. The molecule has 0 aliphatic heterocycles. The first-order chi connectivity index (χ1) is 7.65. The van der Waals surface area contributed by atoms with Crippen LogP contribution >= 0.6 is 22.9 Å². The minimum absolute atomic E-state index is 0.136. The summed E-state index contributed by atoms with van der Waals surface area (Å²) in [6.45, 7) is 0. The Kier molecular flexibility index (Phi) is 3.07. The lowest BCUT2D eigenvalue weighted by molar-refractivity contribution is -0.355. The normalized spacial score (nSPS) is 10.1. The van der Waals surface area contributed by atoms with Crippen LogP contribution in [0.5, 0.6) is 0 Å². The molecule has 82 valence electrons. The fraction of sp³-hybridized carbons (Fsp3) is 0. The smallest absolute Gasteiger partial charge is 0.303 e. The van der Waals surface area contributed by atoms with Crippen LogP contribution in [0.1, 0.15) is 0 Å². The van der Waals surface area contributed by atoms with Crippen LogP contribution in [-0.2, 0) is 0 Å². The zero-order chi connectivity index (χ0) is 11.5. The number of nitrogens with two attached hydrogens (primary N) is 2. The van der Waals surface area contributed by atoms with Gasteiger partial charge < -0.3 is 11.5 Å². The second-order valence-corrected chi connectivity index (χ2v) is 4.42. The largest absolute Gasteiger partial charge is 0.311 e. The van der Waals surface area contributed by atoms with Gasteiger partial charge in [0.25, 0.3) is 5.13 Å². The minimum Gasteiger partial charge on any atom is -0.311 e. The summed E-state index contributed by atoms with van der Waals surface area (Å²) in [4.78, 5) is 7.09. The van der Waals surface area contributed by atoms with Crippen molar-refractivity contribution in [3.05, 3.63) is 34.7 Å². The zero-order valence-electron chi connectivity index (χ0n) is 8.27. The maximum Gasteiger partial charge on any atom is 0.303 e. The van der Waals surface area contributed by atoms with Gasteiger partial charge in [-0.3, -0.25) is 0 Å². The number of hydrogen-bond donors (Lipinski definition) is 3. The van der Waals surface area contributed by atoms with Crippen LogP contribution in [0, 0.1) is 0 Å². The number of nitrogens with one attached hydrogen (secondary N) is 1. The number of aromatic nitrogens is 1. The monoisotopic (exact) mass is 253 g/mol. The van der Waals surface area contributed by atoms with Gasteiger partial charge in [-0.25, -0.2) is 4.99 Å². The summed E-state index contributed by atoms with van der Waals surface area (Å²) in [6.07, 6.45) is 0. The van der Waals surface area contributed by atoms with E-state index in [0.29, 0.717) is 10.2 Å². The van der Waals surface area contributed by atoms with E-state index in [4.69, 9.17) is 23.1 Å². The van der Waals surface area contributed by atoms with E-state index in [9.17, 15) is 0 Å². The maximum absolute atomic E-state index is 5.81. The minimum atomic E-state index is 0.136. The molecule has 5 N–H and O–H groups in total. The molecule has 2 aromatic rings. The van der Waals surface area contributed by atoms with E-state index in [1.807, 2.05) is 29.6 Å². The Morgan fingerprint density at radius 3 is 2.56 bits per heavy atom. The topological polar surface area (TPSA) is 78.9 Å². The van der Waals surface area contributed by atoms with Gasteiger partial charge in [-0.15, -0.1) is 4.98 Å². The molecule has 0 saturated heterocycles.